The molecular weight excluding hydrogens is 337 g/mol. The molecular formula is C13H13Cl2NO4S. The van der Waals surface area contributed by atoms with Crippen LogP contribution in [0.2, 0.25) is 10.0 Å². The summed E-state index contributed by atoms with van der Waals surface area (Å²) in [5.41, 5.74) is -0.437. The molecule has 0 aliphatic heterocycles. The molecule has 0 saturated carbocycles. The number of carbonyl (C=O) groups is 1. The summed E-state index contributed by atoms with van der Waals surface area (Å²) < 4.78 is 26.5. The van der Waals surface area contributed by atoms with Crippen LogP contribution in [0, 0.1) is 12.3 Å². The first-order valence-electron chi connectivity index (χ1n) is 5.95. The van der Waals surface area contributed by atoms with Gasteiger partial charge in [0.2, 0.25) is 10.0 Å². The van der Waals surface area contributed by atoms with Crippen molar-refractivity contribution in [3.8, 4) is 12.3 Å². The Bertz CT molecular complexity index is 680. The van der Waals surface area contributed by atoms with Crippen molar-refractivity contribution in [3.05, 3.63) is 27.7 Å². The third-order valence-electron chi connectivity index (χ3n) is 2.60. The SMILES string of the molecule is C#CCCCCNS(=O)(=O)c1ccc(Cl)c(C(=O)O)c1Cl. The Morgan fingerprint density at radius 2 is 2.00 bits per heavy atom. The van der Waals surface area contributed by atoms with E-state index in [0.29, 0.717) is 19.3 Å². The van der Waals surface area contributed by atoms with Crippen molar-refractivity contribution in [2.24, 2.45) is 0 Å². The Hall–Kier alpha value is -1.26. The molecule has 0 saturated heterocycles. The molecule has 2 N–H and O–H groups in total. The topological polar surface area (TPSA) is 83.5 Å². The second-order valence-corrected chi connectivity index (χ2v) is 6.62. The van der Waals surface area contributed by atoms with Gasteiger partial charge in [0.15, 0.2) is 0 Å². The normalized spacial score (nSPS) is 11.1. The van der Waals surface area contributed by atoms with E-state index >= 15 is 0 Å². The lowest BCUT2D eigenvalue weighted by atomic mass is 10.2. The first kappa shape index (κ1) is 17.8. The molecule has 0 aliphatic rings. The molecule has 0 bridgehead atoms. The zero-order valence-corrected chi connectivity index (χ0v) is 13.2. The molecule has 1 rings (SSSR count). The zero-order valence-electron chi connectivity index (χ0n) is 10.9. The minimum atomic E-state index is -3.91. The summed E-state index contributed by atoms with van der Waals surface area (Å²) in [5.74, 6) is 1.06. The van der Waals surface area contributed by atoms with Gasteiger partial charge in [-0.15, -0.1) is 12.3 Å². The Morgan fingerprint density at radius 1 is 1.33 bits per heavy atom. The number of halogens is 2. The molecule has 0 atom stereocenters. The number of nitrogens with one attached hydrogen (secondary N) is 1. The van der Waals surface area contributed by atoms with E-state index in [1.54, 1.807) is 0 Å². The van der Waals surface area contributed by atoms with Crippen LogP contribution in [0.5, 0.6) is 0 Å². The summed E-state index contributed by atoms with van der Waals surface area (Å²) in [7, 11) is -3.91. The molecule has 21 heavy (non-hydrogen) atoms. The number of carboxylic acids is 1. The molecule has 114 valence electrons. The lowest BCUT2D eigenvalue weighted by molar-refractivity contribution is 0.0697. The number of aromatic carboxylic acids is 1. The number of hydrogen-bond acceptors (Lipinski definition) is 3. The predicted molar refractivity (Wildman–Crippen MR) is 81.3 cm³/mol. The van der Waals surface area contributed by atoms with Crippen molar-refractivity contribution in [2.45, 2.75) is 24.2 Å². The largest absolute Gasteiger partial charge is 0.478 e. The highest BCUT2D eigenvalue weighted by Gasteiger charge is 2.24. The molecule has 0 spiro atoms. The highest BCUT2D eigenvalue weighted by molar-refractivity contribution is 7.89. The maximum absolute atomic E-state index is 12.1. The number of carboxylic acid groups (broad SMARTS) is 1. The van der Waals surface area contributed by atoms with E-state index in [-0.39, 0.29) is 16.5 Å². The monoisotopic (exact) mass is 349 g/mol. The average Bonchev–Trinajstić information content (AvgIpc) is 2.37. The fraction of sp³-hybridized carbons (Fsp3) is 0.308. The highest BCUT2D eigenvalue weighted by Crippen LogP contribution is 2.30. The fourth-order valence-corrected chi connectivity index (χ4v) is 3.56. The molecule has 0 unspecified atom stereocenters. The fourth-order valence-electron chi connectivity index (χ4n) is 1.57. The number of terminal acetylenes is 1. The molecule has 0 heterocycles. The van der Waals surface area contributed by atoms with Crippen molar-refractivity contribution in [1.82, 2.24) is 4.72 Å². The molecule has 0 aromatic heterocycles. The van der Waals surface area contributed by atoms with E-state index in [1.165, 1.54) is 12.1 Å². The van der Waals surface area contributed by atoms with Crippen LogP contribution < -0.4 is 4.72 Å². The molecule has 0 fully saturated rings. The summed E-state index contributed by atoms with van der Waals surface area (Å²) in [5, 5.41) is 8.47. The van der Waals surface area contributed by atoms with Gasteiger partial charge in [-0.25, -0.2) is 17.9 Å². The smallest absolute Gasteiger partial charge is 0.338 e. The number of benzene rings is 1. The van der Waals surface area contributed by atoms with Crippen LogP contribution in [0.4, 0.5) is 0 Å². The van der Waals surface area contributed by atoms with Gasteiger partial charge in [0.25, 0.3) is 0 Å². The minimum Gasteiger partial charge on any atom is -0.478 e. The average molecular weight is 350 g/mol. The molecule has 0 amide bonds. The summed E-state index contributed by atoms with van der Waals surface area (Å²) in [6, 6.07) is 2.35. The highest BCUT2D eigenvalue weighted by atomic mass is 35.5. The van der Waals surface area contributed by atoms with E-state index in [9.17, 15) is 13.2 Å². The van der Waals surface area contributed by atoms with Crippen LogP contribution >= 0.6 is 23.2 Å². The second kappa shape index (κ2) is 7.66. The van der Waals surface area contributed by atoms with Crippen molar-refractivity contribution < 1.29 is 18.3 Å². The maximum Gasteiger partial charge on any atom is 0.338 e. The number of rotatable bonds is 7. The van der Waals surface area contributed by atoms with Gasteiger partial charge in [-0.05, 0) is 25.0 Å². The first-order chi connectivity index (χ1) is 9.81. The van der Waals surface area contributed by atoms with Crippen LogP contribution in [0.15, 0.2) is 17.0 Å². The minimum absolute atomic E-state index is 0.125. The Morgan fingerprint density at radius 3 is 2.57 bits per heavy atom. The molecule has 5 nitrogen and oxygen atoms in total. The molecule has 0 aliphatic carbocycles. The lowest BCUT2D eigenvalue weighted by Gasteiger charge is -2.10. The molecule has 1 aromatic rings. The van der Waals surface area contributed by atoms with Gasteiger partial charge in [0.05, 0.1) is 15.6 Å². The van der Waals surface area contributed by atoms with Gasteiger partial charge in [-0.1, -0.05) is 23.2 Å². The van der Waals surface area contributed by atoms with E-state index in [0.717, 1.165) is 0 Å². The van der Waals surface area contributed by atoms with Crippen LogP contribution in [0.1, 0.15) is 29.6 Å². The molecule has 1 aromatic carbocycles. The van der Waals surface area contributed by atoms with Crippen molar-refractivity contribution in [3.63, 3.8) is 0 Å². The van der Waals surface area contributed by atoms with Gasteiger partial charge in [0, 0.05) is 13.0 Å². The second-order valence-electron chi connectivity index (χ2n) is 4.10. The van der Waals surface area contributed by atoms with Gasteiger partial charge >= 0.3 is 5.97 Å². The summed E-state index contributed by atoms with van der Waals surface area (Å²) in [4.78, 5) is 10.7. The molecule has 0 radical (unpaired) electrons. The third-order valence-corrected chi connectivity index (χ3v) is 4.92. The predicted octanol–water partition coefficient (Wildman–Crippen LogP) is 2.77. The van der Waals surface area contributed by atoms with Gasteiger partial charge in [-0.2, -0.15) is 0 Å². The van der Waals surface area contributed by atoms with E-state index in [4.69, 9.17) is 34.7 Å². The van der Waals surface area contributed by atoms with E-state index < -0.39 is 26.6 Å². The zero-order chi connectivity index (χ0) is 16.0. The van der Waals surface area contributed by atoms with E-state index in [1.807, 2.05) is 0 Å². The lowest BCUT2D eigenvalue weighted by Crippen LogP contribution is -2.25. The number of sulfonamides is 1. The van der Waals surface area contributed by atoms with Crippen molar-refractivity contribution in [2.75, 3.05) is 6.54 Å². The van der Waals surface area contributed by atoms with Crippen LogP contribution in [-0.2, 0) is 10.0 Å². The van der Waals surface area contributed by atoms with Gasteiger partial charge in [-0.3, -0.25) is 0 Å². The summed E-state index contributed by atoms with van der Waals surface area (Å²) in [6.45, 7) is 0.186. The summed E-state index contributed by atoms with van der Waals surface area (Å²) in [6.07, 6.45) is 6.91. The number of unbranched alkanes of at least 4 members (excludes halogenated alkanes) is 2. The summed E-state index contributed by atoms with van der Waals surface area (Å²) >= 11 is 11.6. The van der Waals surface area contributed by atoms with Gasteiger partial charge < -0.3 is 5.11 Å². The van der Waals surface area contributed by atoms with Crippen LogP contribution in [0.3, 0.4) is 0 Å². The Balaban J connectivity index is 2.97. The quantitative estimate of drug-likeness (QED) is 0.585. The van der Waals surface area contributed by atoms with Gasteiger partial charge in [0.1, 0.15) is 4.90 Å². The van der Waals surface area contributed by atoms with Crippen molar-refractivity contribution in [1.29, 1.82) is 0 Å². The van der Waals surface area contributed by atoms with Crippen LogP contribution in [0.25, 0.3) is 0 Å². The maximum atomic E-state index is 12.1. The standard InChI is InChI=1S/C13H13Cl2NO4S/c1-2-3-4-5-8-16-21(19,20)10-7-6-9(14)11(12(10)15)13(17)18/h1,6-7,16H,3-5,8H2,(H,17,18). The molecule has 8 heteroatoms. The Kier molecular flexibility index (Phi) is 6.49. The third kappa shape index (κ3) is 4.61. The first-order valence-corrected chi connectivity index (χ1v) is 8.19. The Labute approximate surface area is 133 Å². The van der Waals surface area contributed by atoms with E-state index in [2.05, 4.69) is 10.6 Å². The number of hydrogen-bond donors (Lipinski definition) is 2. The van der Waals surface area contributed by atoms with Crippen LogP contribution in [-0.4, -0.2) is 26.0 Å². The van der Waals surface area contributed by atoms with Crippen molar-refractivity contribution >= 4 is 39.2 Å².